The number of alkyl halides is 3. The Morgan fingerprint density at radius 3 is 2.29 bits per heavy atom. The van der Waals surface area contributed by atoms with Gasteiger partial charge in [-0.25, -0.2) is 12.8 Å². The fourth-order valence-corrected chi connectivity index (χ4v) is 6.33. The summed E-state index contributed by atoms with van der Waals surface area (Å²) in [5.41, 5.74) is 0.968. The van der Waals surface area contributed by atoms with E-state index in [1.807, 2.05) is 20.2 Å². The molecule has 0 saturated heterocycles. The van der Waals surface area contributed by atoms with Crippen LogP contribution in [0.5, 0.6) is 5.75 Å². The number of sulfonamides is 1. The highest BCUT2D eigenvalue weighted by atomic mass is 32.2. The Bertz CT molecular complexity index is 1230. The Labute approximate surface area is 238 Å². The quantitative estimate of drug-likeness (QED) is 0.266. The summed E-state index contributed by atoms with van der Waals surface area (Å²) in [6.07, 6.45) is -1.05. The molecular formula is C28H37F4N3O5S. The van der Waals surface area contributed by atoms with Gasteiger partial charge in [-0.05, 0) is 93.6 Å². The van der Waals surface area contributed by atoms with Crippen molar-refractivity contribution in [2.24, 2.45) is 11.8 Å². The van der Waals surface area contributed by atoms with E-state index < -0.39 is 22.1 Å². The number of hydrogen-bond acceptors (Lipinski definition) is 6. The molecule has 1 atom stereocenters. The zero-order chi connectivity index (χ0) is 30.2. The Kier molecular flexibility index (Phi) is 11.5. The van der Waals surface area contributed by atoms with E-state index >= 15 is 0 Å². The van der Waals surface area contributed by atoms with E-state index in [1.165, 1.54) is 13.1 Å². The van der Waals surface area contributed by atoms with Crippen LogP contribution in [0.2, 0.25) is 0 Å². The minimum absolute atomic E-state index is 0.0461. The van der Waals surface area contributed by atoms with Crippen LogP contribution in [0.25, 0.3) is 0 Å². The molecule has 8 nitrogen and oxygen atoms in total. The van der Waals surface area contributed by atoms with Crippen molar-refractivity contribution in [3.63, 3.8) is 0 Å². The molecule has 0 spiro atoms. The number of amides is 1. The largest absolute Gasteiger partial charge is 0.573 e. The first-order chi connectivity index (χ1) is 19.3. The van der Waals surface area contributed by atoms with Crippen molar-refractivity contribution in [3.05, 3.63) is 59.9 Å². The number of nitrogens with one attached hydrogen (secondary N) is 1. The Morgan fingerprint density at radius 2 is 1.71 bits per heavy atom. The highest BCUT2D eigenvalue weighted by Crippen LogP contribution is 2.39. The number of nitrogens with zero attached hydrogens (tertiary/aromatic N) is 2. The van der Waals surface area contributed by atoms with Crippen LogP contribution in [0.1, 0.15) is 37.3 Å². The summed E-state index contributed by atoms with van der Waals surface area (Å²) in [6.45, 7) is 0.188. The van der Waals surface area contributed by atoms with Gasteiger partial charge >= 0.3 is 6.36 Å². The maximum absolute atomic E-state index is 13.8. The third-order valence-electron chi connectivity index (χ3n) is 7.22. The summed E-state index contributed by atoms with van der Waals surface area (Å²) >= 11 is 0. The molecule has 0 aromatic heterocycles. The molecule has 3 rings (SSSR count). The normalized spacial score (nSPS) is 18.9. The second-order valence-corrected chi connectivity index (χ2v) is 12.5. The molecule has 2 aromatic rings. The molecule has 1 saturated carbocycles. The molecule has 1 aliphatic carbocycles. The number of carbonyl (C=O) groups excluding carboxylic acids is 1. The lowest BCUT2D eigenvalue weighted by Gasteiger charge is -2.37. The number of carbonyl (C=O) groups is 1. The summed E-state index contributed by atoms with van der Waals surface area (Å²) in [4.78, 5) is 14.2. The zero-order valence-corrected chi connectivity index (χ0v) is 24.2. The molecule has 13 heteroatoms. The fourth-order valence-electron chi connectivity index (χ4n) is 5.17. The van der Waals surface area contributed by atoms with E-state index in [-0.39, 0.29) is 42.4 Å². The topological polar surface area (TPSA) is 88.2 Å². The fraction of sp³-hybridized carbons (Fsp3) is 0.536. The first-order valence-electron chi connectivity index (χ1n) is 13.3. The van der Waals surface area contributed by atoms with Gasteiger partial charge in [0.2, 0.25) is 15.9 Å². The predicted molar refractivity (Wildman–Crippen MR) is 145 cm³/mol. The minimum Gasteiger partial charge on any atom is -0.406 e. The first-order valence-corrected chi connectivity index (χ1v) is 14.8. The summed E-state index contributed by atoms with van der Waals surface area (Å²) in [5, 5.41) is 2.88. The summed E-state index contributed by atoms with van der Waals surface area (Å²) in [6, 6.07) is 10.8. The van der Waals surface area contributed by atoms with Crippen LogP contribution in [-0.2, 0) is 19.6 Å². The van der Waals surface area contributed by atoms with Gasteiger partial charge < -0.3 is 19.7 Å². The summed E-state index contributed by atoms with van der Waals surface area (Å²) in [7, 11) is 1.35. The van der Waals surface area contributed by atoms with Gasteiger partial charge in [0.1, 0.15) is 18.2 Å². The summed E-state index contributed by atoms with van der Waals surface area (Å²) < 4.78 is 86.1. The first kappa shape index (κ1) is 32.8. The molecule has 1 unspecified atom stereocenters. The Morgan fingerprint density at radius 1 is 1.05 bits per heavy atom. The lowest BCUT2D eigenvalue weighted by Crippen LogP contribution is -2.36. The number of rotatable bonds is 13. The van der Waals surface area contributed by atoms with Gasteiger partial charge in [0.05, 0.1) is 11.5 Å². The monoisotopic (exact) mass is 603 g/mol. The smallest absolute Gasteiger partial charge is 0.406 e. The van der Waals surface area contributed by atoms with Crippen molar-refractivity contribution < 1.29 is 40.2 Å². The van der Waals surface area contributed by atoms with Crippen LogP contribution in [0.4, 0.5) is 17.6 Å². The average Bonchev–Trinajstić information content (AvgIpc) is 2.90. The van der Waals surface area contributed by atoms with E-state index in [0.29, 0.717) is 18.4 Å². The van der Waals surface area contributed by atoms with E-state index in [0.717, 1.165) is 59.8 Å². The third kappa shape index (κ3) is 9.94. The number of ether oxygens (including phenoxy) is 2. The van der Waals surface area contributed by atoms with E-state index in [9.17, 15) is 30.8 Å². The van der Waals surface area contributed by atoms with Crippen molar-refractivity contribution >= 4 is 15.9 Å². The molecule has 0 heterocycles. The molecule has 2 aromatic carbocycles. The Balaban J connectivity index is 1.36. The van der Waals surface area contributed by atoms with Crippen molar-refractivity contribution in [1.29, 1.82) is 0 Å². The van der Waals surface area contributed by atoms with Crippen molar-refractivity contribution in [2.75, 3.05) is 47.4 Å². The molecule has 1 aliphatic rings. The Hall–Kier alpha value is -2.74. The van der Waals surface area contributed by atoms with Gasteiger partial charge in [0.15, 0.2) is 0 Å². The van der Waals surface area contributed by atoms with Gasteiger partial charge in [0, 0.05) is 26.2 Å². The zero-order valence-electron chi connectivity index (χ0n) is 23.4. The maximum Gasteiger partial charge on any atom is 0.573 e. The van der Waals surface area contributed by atoms with Gasteiger partial charge in [-0.1, -0.05) is 12.1 Å². The second-order valence-electron chi connectivity index (χ2n) is 10.4. The second kappa shape index (κ2) is 14.4. The number of likely N-dealkylation sites (N-methyl/N-ethyl adjacent to an activating group) is 1. The molecule has 0 aliphatic heterocycles. The summed E-state index contributed by atoms with van der Waals surface area (Å²) in [5.74, 6) is -0.349. The van der Waals surface area contributed by atoms with Crippen molar-refractivity contribution in [2.45, 2.75) is 43.0 Å². The van der Waals surface area contributed by atoms with Crippen LogP contribution < -0.4 is 10.1 Å². The lowest BCUT2D eigenvalue weighted by molar-refractivity contribution is -0.274. The van der Waals surface area contributed by atoms with Crippen LogP contribution >= 0.6 is 0 Å². The van der Waals surface area contributed by atoms with Crippen molar-refractivity contribution in [3.8, 4) is 5.75 Å². The van der Waals surface area contributed by atoms with Crippen LogP contribution in [0.3, 0.4) is 0 Å². The molecule has 1 fully saturated rings. The number of halogens is 4. The maximum atomic E-state index is 13.8. The van der Waals surface area contributed by atoms with E-state index in [1.54, 1.807) is 12.1 Å². The van der Waals surface area contributed by atoms with E-state index in [2.05, 4.69) is 15.0 Å². The van der Waals surface area contributed by atoms with E-state index in [4.69, 9.17) is 4.74 Å². The minimum atomic E-state index is -4.87. The molecule has 228 valence electrons. The molecule has 1 amide bonds. The van der Waals surface area contributed by atoms with Crippen LogP contribution in [0.15, 0.2) is 53.4 Å². The third-order valence-corrected chi connectivity index (χ3v) is 9.09. The number of benzene rings is 2. The highest BCUT2D eigenvalue weighted by Gasteiger charge is 2.32. The number of hydrogen-bond donors (Lipinski definition) is 1. The van der Waals surface area contributed by atoms with Gasteiger partial charge in [0.25, 0.3) is 0 Å². The molecule has 41 heavy (non-hydrogen) atoms. The van der Waals surface area contributed by atoms with Crippen LogP contribution in [0, 0.1) is 17.7 Å². The molecule has 0 bridgehead atoms. The van der Waals surface area contributed by atoms with Gasteiger partial charge in [-0.15, -0.1) is 13.2 Å². The molecule has 0 radical (unpaired) electrons. The lowest BCUT2D eigenvalue weighted by atomic mass is 9.76. The van der Waals surface area contributed by atoms with Crippen LogP contribution in [-0.4, -0.2) is 77.3 Å². The predicted octanol–water partition coefficient (Wildman–Crippen LogP) is 4.59. The van der Waals surface area contributed by atoms with Gasteiger partial charge in [-0.3, -0.25) is 4.79 Å². The molecular weight excluding hydrogens is 566 g/mol. The van der Waals surface area contributed by atoms with Gasteiger partial charge in [-0.2, -0.15) is 4.31 Å². The highest BCUT2D eigenvalue weighted by molar-refractivity contribution is 7.89. The molecule has 1 N–H and O–H groups in total. The average molecular weight is 604 g/mol. The van der Waals surface area contributed by atoms with Crippen molar-refractivity contribution in [1.82, 2.24) is 14.5 Å². The SMILES string of the molecule is CN(C)C(c1cccc(F)c1)C1CCC(CNC(=O)COCCN(C)S(=O)(=O)c2ccc(OC(F)(F)F)cc2)CC1. The standard InChI is InChI=1S/C28H37F4N3O5S/c1-34(2)27(22-5-4-6-23(29)17-22)21-9-7-20(8-10-21)18-33-26(36)19-39-16-15-35(3)41(37,38)25-13-11-24(12-14-25)40-28(30,31)32/h4-6,11-14,17,20-21,27H,7-10,15-16,18-19H2,1-3H3,(H,33,36).